The van der Waals surface area contributed by atoms with Gasteiger partial charge >= 0.3 is 0 Å². The topological polar surface area (TPSA) is 70.7 Å². The van der Waals surface area contributed by atoms with Gasteiger partial charge in [0.25, 0.3) is 0 Å². The van der Waals surface area contributed by atoms with E-state index in [0.29, 0.717) is 26.3 Å². The number of hydrogen-bond acceptors (Lipinski definition) is 5. The van der Waals surface area contributed by atoms with Crippen LogP contribution < -0.4 is 10.6 Å². The van der Waals surface area contributed by atoms with Crippen LogP contribution in [0.5, 0.6) is 0 Å². The highest BCUT2D eigenvalue weighted by molar-refractivity contribution is 7.99. The van der Waals surface area contributed by atoms with E-state index in [1.54, 1.807) is 16.7 Å². The Morgan fingerprint density at radius 1 is 1.50 bits per heavy atom. The number of carbonyl (C=O) groups is 2. The summed E-state index contributed by atoms with van der Waals surface area (Å²) < 4.78 is 5.37. The standard InChI is InChI=1S/C13H23N3O3S/c1-2-3-15-12(17)11-8-19-6-5-16(11)13(18)10-9-20-7-4-14-10/h10-11,14H,2-9H2,1H3,(H,15,17). The van der Waals surface area contributed by atoms with Crippen LogP contribution in [0.2, 0.25) is 0 Å². The lowest BCUT2D eigenvalue weighted by atomic mass is 10.1. The highest BCUT2D eigenvalue weighted by atomic mass is 32.2. The first kappa shape index (κ1) is 15.6. The van der Waals surface area contributed by atoms with Gasteiger partial charge in [0.05, 0.1) is 19.3 Å². The lowest BCUT2D eigenvalue weighted by Gasteiger charge is -2.37. The van der Waals surface area contributed by atoms with Crippen molar-refractivity contribution in [2.24, 2.45) is 0 Å². The first-order chi connectivity index (χ1) is 9.74. The van der Waals surface area contributed by atoms with E-state index in [0.717, 1.165) is 24.5 Å². The second-order valence-corrected chi connectivity index (χ2v) is 6.14. The van der Waals surface area contributed by atoms with Gasteiger partial charge in [-0.15, -0.1) is 0 Å². The molecule has 2 atom stereocenters. The maximum absolute atomic E-state index is 12.6. The Morgan fingerprint density at radius 2 is 2.35 bits per heavy atom. The van der Waals surface area contributed by atoms with Gasteiger partial charge in [-0.1, -0.05) is 6.92 Å². The summed E-state index contributed by atoms with van der Waals surface area (Å²) in [7, 11) is 0. The first-order valence-corrected chi connectivity index (χ1v) is 8.36. The number of carbonyl (C=O) groups excluding carboxylic acids is 2. The Hall–Kier alpha value is -0.790. The minimum atomic E-state index is -0.489. The SMILES string of the molecule is CCCNC(=O)C1COCCN1C(=O)C1CSCCN1. The van der Waals surface area contributed by atoms with Crippen LogP contribution in [-0.4, -0.2) is 73.2 Å². The maximum Gasteiger partial charge on any atom is 0.245 e. The van der Waals surface area contributed by atoms with Gasteiger partial charge in [0.2, 0.25) is 11.8 Å². The van der Waals surface area contributed by atoms with Crippen molar-refractivity contribution < 1.29 is 14.3 Å². The molecule has 0 aromatic rings. The van der Waals surface area contributed by atoms with Crippen molar-refractivity contribution in [2.75, 3.05) is 44.4 Å². The predicted molar refractivity (Wildman–Crippen MR) is 78.7 cm³/mol. The molecule has 2 rings (SSSR count). The number of nitrogens with zero attached hydrogens (tertiary/aromatic N) is 1. The van der Waals surface area contributed by atoms with E-state index in [9.17, 15) is 9.59 Å². The molecule has 114 valence electrons. The largest absolute Gasteiger partial charge is 0.377 e. The number of amides is 2. The van der Waals surface area contributed by atoms with Gasteiger partial charge in [0.15, 0.2) is 0 Å². The zero-order valence-corrected chi connectivity index (χ0v) is 12.7. The summed E-state index contributed by atoms with van der Waals surface area (Å²) in [6.07, 6.45) is 0.883. The van der Waals surface area contributed by atoms with E-state index < -0.39 is 6.04 Å². The van der Waals surface area contributed by atoms with E-state index in [2.05, 4.69) is 10.6 Å². The third-order valence-electron chi connectivity index (χ3n) is 3.48. The third-order valence-corrected chi connectivity index (χ3v) is 4.55. The minimum absolute atomic E-state index is 0.0251. The normalized spacial score (nSPS) is 27.1. The summed E-state index contributed by atoms with van der Waals surface area (Å²) in [5, 5.41) is 6.09. The average Bonchev–Trinajstić information content (AvgIpc) is 2.52. The summed E-state index contributed by atoms with van der Waals surface area (Å²) in [5.74, 6) is 1.73. The van der Waals surface area contributed by atoms with E-state index in [1.807, 2.05) is 6.92 Å². The molecule has 0 aromatic carbocycles. The van der Waals surface area contributed by atoms with Gasteiger partial charge in [-0.3, -0.25) is 9.59 Å². The molecule has 0 aromatic heterocycles. The van der Waals surface area contributed by atoms with Crippen LogP contribution in [0.25, 0.3) is 0 Å². The van der Waals surface area contributed by atoms with Crippen molar-refractivity contribution in [1.82, 2.24) is 15.5 Å². The summed E-state index contributed by atoms with van der Waals surface area (Å²) in [6, 6.07) is -0.662. The zero-order chi connectivity index (χ0) is 14.4. The average molecular weight is 301 g/mol. The van der Waals surface area contributed by atoms with Crippen molar-refractivity contribution in [1.29, 1.82) is 0 Å². The molecule has 2 amide bonds. The monoisotopic (exact) mass is 301 g/mol. The highest BCUT2D eigenvalue weighted by Gasteiger charge is 2.36. The van der Waals surface area contributed by atoms with Crippen LogP contribution in [0.3, 0.4) is 0 Å². The maximum atomic E-state index is 12.6. The van der Waals surface area contributed by atoms with Crippen LogP contribution in [0.4, 0.5) is 0 Å². The molecule has 0 bridgehead atoms. The van der Waals surface area contributed by atoms with Crippen LogP contribution >= 0.6 is 11.8 Å². The molecule has 2 heterocycles. The van der Waals surface area contributed by atoms with Gasteiger partial charge in [-0.05, 0) is 6.42 Å². The van der Waals surface area contributed by atoms with E-state index >= 15 is 0 Å². The Kier molecular flexibility index (Phi) is 6.12. The van der Waals surface area contributed by atoms with Crippen molar-refractivity contribution >= 4 is 23.6 Å². The molecule has 0 radical (unpaired) electrons. The molecule has 0 aliphatic carbocycles. The van der Waals surface area contributed by atoms with Crippen molar-refractivity contribution in [2.45, 2.75) is 25.4 Å². The molecule has 2 fully saturated rings. The van der Waals surface area contributed by atoms with Gasteiger partial charge in [-0.25, -0.2) is 0 Å². The number of nitrogens with one attached hydrogen (secondary N) is 2. The molecule has 6 nitrogen and oxygen atoms in total. The second kappa shape index (κ2) is 7.85. The first-order valence-electron chi connectivity index (χ1n) is 7.21. The van der Waals surface area contributed by atoms with Crippen molar-refractivity contribution in [3.63, 3.8) is 0 Å². The highest BCUT2D eigenvalue weighted by Crippen LogP contribution is 2.14. The summed E-state index contributed by atoms with van der Waals surface area (Å²) >= 11 is 1.78. The van der Waals surface area contributed by atoms with Crippen LogP contribution in [0, 0.1) is 0 Å². The Labute approximate surface area is 124 Å². The molecule has 2 aliphatic heterocycles. The van der Waals surface area contributed by atoms with Crippen LogP contribution in [0.1, 0.15) is 13.3 Å². The molecule has 2 aliphatic rings. The van der Waals surface area contributed by atoms with Gasteiger partial charge in [0.1, 0.15) is 6.04 Å². The number of morpholine rings is 1. The molecular weight excluding hydrogens is 278 g/mol. The summed E-state index contributed by atoms with van der Waals surface area (Å²) in [6.45, 7) is 4.77. The van der Waals surface area contributed by atoms with Crippen molar-refractivity contribution in [3.8, 4) is 0 Å². The fourth-order valence-electron chi connectivity index (χ4n) is 2.37. The Morgan fingerprint density at radius 3 is 3.05 bits per heavy atom. The second-order valence-electron chi connectivity index (χ2n) is 4.99. The van der Waals surface area contributed by atoms with Gasteiger partial charge in [-0.2, -0.15) is 11.8 Å². The zero-order valence-electron chi connectivity index (χ0n) is 11.9. The van der Waals surface area contributed by atoms with Gasteiger partial charge < -0.3 is 20.3 Å². The van der Waals surface area contributed by atoms with Crippen LogP contribution in [0.15, 0.2) is 0 Å². The summed E-state index contributed by atoms with van der Waals surface area (Å²) in [5.41, 5.74) is 0. The van der Waals surface area contributed by atoms with E-state index in [-0.39, 0.29) is 17.9 Å². The molecule has 7 heteroatoms. The molecule has 2 unspecified atom stereocenters. The minimum Gasteiger partial charge on any atom is -0.377 e. The molecule has 2 saturated heterocycles. The number of thioether (sulfide) groups is 1. The van der Waals surface area contributed by atoms with Crippen molar-refractivity contribution in [3.05, 3.63) is 0 Å². The molecular formula is C13H23N3O3S. The van der Waals surface area contributed by atoms with Gasteiger partial charge in [0, 0.05) is 31.1 Å². The predicted octanol–water partition coefficient (Wildman–Crippen LogP) is -0.555. The smallest absolute Gasteiger partial charge is 0.245 e. The molecule has 2 N–H and O–H groups in total. The fourth-order valence-corrected chi connectivity index (χ4v) is 3.30. The third kappa shape index (κ3) is 3.86. The number of hydrogen-bond donors (Lipinski definition) is 2. The quantitative estimate of drug-likeness (QED) is 0.729. The Bertz CT molecular complexity index is 348. The fraction of sp³-hybridized carbons (Fsp3) is 0.846. The van der Waals surface area contributed by atoms with Crippen LogP contribution in [-0.2, 0) is 14.3 Å². The molecule has 20 heavy (non-hydrogen) atoms. The number of ether oxygens (including phenoxy) is 1. The summed E-state index contributed by atoms with van der Waals surface area (Å²) in [4.78, 5) is 26.4. The lowest BCUT2D eigenvalue weighted by Crippen LogP contribution is -2.61. The lowest BCUT2D eigenvalue weighted by molar-refractivity contribution is -0.149. The molecule has 0 spiro atoms. The van der Waals surface area contributed by atoms with E-state index in [4.69, 9.17) is 4.74 Å². The number of rotatable bonds is 4. The van der Waals surface area contributed by atoms with E-state index in [1.165, 1.54) is 0 Å². The Balaban J connectivity index is 1.98. The molecule has 0 saturated carbocycles.